The molecule has 2 rings (SSSR count). The second kappa shape index (κ2) is 3.55. The fourth-order valence-electron chi connectivity index (χ4n) is 1.70. The highest BCUT2D eigenvalue weighted by Crippen LogP contribution is 2.40. The van der Waals surface area contributed by atoms with Gasteiger partial charge in [-0.15, -0.1) is 0 Å². The molecule has 0 bridgehead atoms. The SMILES string of the molecule is CC(C)(C)[Si](C)(C)O[C@@H]1CNC(=O)[C@H]2O[C@H]21. The Labute approximate surface area is 97.8 Å². The highest BCUT2D eigenvalue weighted by molar-refractivity contribution is 6.74. The number of epoxide rings is 1. The van der Waals surface area contributed by atoms with Crippen LogP contribution in [-0.4, -0.2) is 39.1 Å². The summed E-state index contributed by atoms with van der Waals surface area (Å²) < 4.78 is 11.6. The van der Waals surface area contributed by atoms with Crippen molar-refractivity contribution in [1.29, 1.82) is 0 Å². The first-order valence-electron chi connectivity index (χ1n) is 5.83. The van der Waals surface area contributed by atoms with Crippen LogP contribution in [0.5, 0.6) is 0 Å². The lowest BCUT2D eigenvalue weighted by Crippen LogP contribution is -2.52. The predicted molar refractivity (Wildman–Crippen MR) is 63.7 cm³/mol. The molecule has 2 aliphatic heterocycles. The zero-order chi connectivity index (χ0) is 12.1. The molecule has 3 atom stereocenters. The number of fused-ring (bicyclic) bond motifs is 1. The lowest BCUT2D eigenvalue weighted by molar-refractivity contribution is -0.123. The Kier molecular flexibility index (Phi) is 2.68. The molecule has 2 fully saturated rings. The van der Waals surface area contributed by atoms with Crippen molar-refractivity contribution in [1.82, 2.24) is 5.32 Å². The van der Waals surface area contributed by atoms with Crippen LogP contribution in [0.2, 0.25) is 18.1 Å². The van der Waals surface area contributed by atoms with Crippen molar-refractivity contribution in [3.05, 3.63) is 0 Å². The van der Waals surface area contributed by atoms with Crippen LogP contribution in [0.4, 0.5) is 0 Å². The molecule has 0 radical (unpaired) electrons. The third-order valence-corrected chi connectivity index (χ3v) is 8.38. The van der Waals surface area contributed by atoms with E-state index in [0.29, 0.717) is 6.54 Å². The maximum Gasteiger partial charge on any atom is 0.252 e. The van der Waals surface area contributed by atoms with Crippen LogP contribution in [0.3, 0.4) is 0 Å². The Hall–Kier alpha value is -0.393. The van der Waals surface area contributed by atoms with Crippen LogP contribution in [0.1, 0.15) is 20.8 Å². The van der Waals surface area contributed by atoms with Gasteiger partial charge in [-0.05, 0) is 18.1 Å². The number of ether oxygens (including phenoxy) is 1. The molecule has 2 saturated heterocycles. The van der Waals surface area contributed by atoms with Crippen molar-refractivity contribution in [2.24, 2.45) is 0 Å². The fourth-order valence-corrected chi connectivity index (χ4v) is 3.03. The van der Waals surface area contributed by atoms with E-state index in [0.717, 1.165) is 0 Å². The van der Waals surface area contributed by atoms with E-state index in [-0.39, 0.29) is 29.3 Å². The Morgan fingerprint density at radius 2 is 2.06 bits per heavy atom. The highest BCUT2D eigenvalue weighted by atomic mass is 28.4. The first kappa shape index (κ1) is 12.1. The van der Waals surface area contributed by atoms with Gasteiger partial charge in [0.05, 0.1) is 6.10 Å². The molecule has 0 aromatic heterocycles. The van der Waals surface area contributed by atoms with Gasteiger partial charge < -0.3 is 14.5 Å². The van der Waals surface area contributed by atoms with Crippen molar-refractivity contribution in [2.45, 2.75) is 57.2 Å². The van der Waals surface area contributed by atoms with Gasteiger partial charge in [0, 0.05) is 6.54 Å². The summed E-state index contributed by atoms with van der Waals surface area (Å²) in [5.41, 5.74) is 0. The zero-order valence-corrected chi connectivity index (χ0v) is 11.7. The molecular formula is C11H21NO3Si. The van der Waals surface area contributed by atoms with E-state index in [4.69, 9.17) is 9.16 Å². The molecule has 1 amide bonds. The summed E-state index contributed by atoms with van der Waals surface area (Å²) in [5.74, 6) is 0.0140. The number of hydrogen-bond acceptors (Lipinski definition) is 3. The van der Waals surface area contributed by atoms with E-state index in [1.807, 2.05) is 0 Å². The van der Waals surface area contributed by atoms with E-state index >= 15 is 0 Å². The first-order valence-corrected chi connectivity index (χ1v) is 8.74. The summed E-state index contributed by atoms with van der Waals surface area (Å²) in [7, 11) is -1.76. The van der Waals surface area contributed by atoms with Crippen LogP contribution in [0.15, 0.2) is 0 Å². The van der Waals surface area contributed by atoms with Gasteiger partial charge in [-0.25, -0.2) is 0 Å². The van der Waals surface area contributed by atoms with Gasteiger partial charge in [-0.1, -0.05) is 20.8 Å². The van der Waals surface area contributed by atoms with E-state index in [1.165, 1.54) is 0 Å². The number of nitrogens with one attached hydrogen (secondary N) is 1. The Balaban J connectivity index is 1.99. The summed E-state index contributed by atoms with van der Waals surface area (Å²) in [6.45, 7) is 11.7. The molecule has 16 heavy (non-hydrogen) atoms. The number of hydrogen-bond donors (Lipinski definition) is 1. The van der Waals surface area contributed by atoms with Crippen LogP contribution >= 0.6 is 0 Å². The van der Waals surface area contributed by atoms with Crippen LogP contribution in [0, 0.1) is 0 Å². The molecule has 2 heterocycles. The maximum absolute atomic E-state index is 11.3. The van der Waals surface area contributed by atoms with Gasteiger partial charge in [-0.3, -0.25) is 4.79 Å². The number of amides is 1. The summed E-state index contributed by atoms with van der Waals surface area (Å²) in [4.78, 5) is 11.3. The monoisotopic (exact) mass is 243 g/mol. The van der Waals surface area contributed by atoms with Gasteiger partial charge in [0.2, 0.25) is 0 Å². The lowest BCUT2D eigenvalue weighted by Gasteiger charge is -2.39. The van der Waals surface area contributed by atoms with E-state index in [9.17, 15) is 4.79 Å². The smallest absolute Gasteiger partial charge is 0.252 e. The van der Waals surface area contributed by atoms with Crippen molar-refractivity contribution in [3.8, 4) is 0 Å². The second-order valence-corrected chi connectivity index (χ2v) is 10.9. The summed E-state index contributed by atoms with van der Waals surface area (Å²) >= 11 is 0. The van der Waals surface area contributed by atoms with Gasteiger partial charge >= 0.3 is 0 Å². The van der Waals surface area contributed by atoms with E-state index < -0.39 is 8.32 Å². The molecule has 1 N–H and O–H groups in total. The van der Waals surface area contributed by atoms with Gasteiger partial charge in [-0.2, -0.15) is 0 Å². The standard InChI is InChI=1S/C11H21NO3Si/c1-11(2,3)16(4,5)15-7-6-12-10(13)9-8(7)14-9/h7-9H,6H2,1-5H3,(H,12,13)/t7-,8+,9+/m1/s1. The van der Waals surface area contributed by atoms with Crippen molar-refractivity contribution < 1.29 is 14.0 Å². The zero-order valence-electron chi connectivity index (χ0n) is 10.7. The molecule has 0 spiro atoms. The summed E-state index contributed by atoms with van der Waals surface area (Å²) in [6.07, 6.45) is -0.199. The quantitative estimate of drug-likeness (QED) is 0.587. The average molecular weight is 243 g/mol. The van der Waals surface area contributed by atoms with Gasteiger partial charge in [0.15, 0.2) is 14.4 Å². The molecule has 0 unspecified atom stereocenters. The van der Waals surface area contributed by atoms with E-state index in [1.54, 1.807) is 0 Å². The van der Waals surface area contributed by atoms with Crippen molar-refractivity contribution in [3.63, 3.8) is 0 Å². The largest absolute Gasteiger partial charge is 0.409 e. The number of carbonyl (C=O) groups is 1. The van der Waals surface area contributed by atoms with Crippen LogP contribution in [0.25, 0.3) is 0 Å². The number of carbonyl (C=O) groups excluding carboxylic acids is 1. The predicted octanol–water partition coefficient (Wildman–Crippen LogP) is 1.27. The molecule has 2 aliphatic rings. The molecule has 0 aromatic carbocycles. The molecule has 0 aromatic rings. The fraction of sp³-hybridized carbons (Fsp3) is 0.909. The maximum atomic E-state index is 11.3. The van der Waals surface area contributed by atoms with E-state index in [2.05, 4.69) is 39.2 Å². The Morgan fingerprint density at radius 1 is 1.44 bits per heavy atom. The number of piperidine rings is 1. The average Bonchev–Trinajstić information content (AvgIpc) is 2.87. The lowest BCUT2D eigenvalue weighted by atomic mass is 10.1. The minimum Gasteiger partial charge on any atom is -0.409 e. The minimum absolute atomic E-state index is 0.00266. The molecule has 92 valence electrons. The minimum atomic E-state index is -1.76. The second-order valence-electron chi connectivity index (χ2n) is 6.18. The number of rotatable bonds is 2. The molecule has 0 saturated carbocycles. The Bertz CT molecular complexity index is 311. The molecule has 0 aliphatic carbocycles. The molecule has 4 nitrogen and oxygen atoms in total. The summed E-state index contributed by atoms with van der Waals surface area (Å²) in [6, 6.07) is 0. The molecule has 5 heteroatoms. The summed E-state index contributed by atoms with van der Waals surface area (Å²) in [5, 5.41) is 3.02. The topological polar surface area (TPSA) is 50.9 Å². The van der Waals surface area contributed by atoms with Crippen LogP contribution in [-0.2, 0) is 14.0 Å². The van der Waals surface area contributed by atoms with Gasteiger partial charge in [0.1, 0.15) is 6.10 Å². The van der Waals surface area contributed by atoms with Gasteiger partial charge in [0.25, 0.3) is 5.91 Å². The van der Waals surface area contributed by atoms with Crippen molar-refractivity contribution >= 4 is 14.2 Å². The first-order chi connectivity index (χ1) is 7.22. The normalized spacial score (nSPS) is 34.3. The Morgan fingerprint density at radius 3 is 2.62 bits per heavy atom. The molecular weight excluding hydrogens is 222 g/mol. The third-order valence-electron chi connectivity index (χ3n) is 3.88. The van der Waals surface area contributed by atoms with Crippen molar-refractivity contribution in [2.75, 3.05) is 6.54 Å². The third kappa shape index (κ3) is 2.03. The highest BCUT2D eigenvalue weighted by Gasteiger charge is 2.55. The van der Waals surface area contributed by atoms with Crippen LogP contribution < -0.4 is 5.32 Å².